The molecule has 0 atom stereocenters. The highest BCUT2D eigenvalue weighted by Gasteiger charge is 1.94. The van der Waals surface area contributed by atoms with Crippen molar-refractivity contribution in [1.82, 2.24) is 5.43 Å². The Morgan fingerprint density at radius 3 is 2.21 bits per heavy atom. The van der Waals surface area contributed by atoms with Crippen molar-refractivity contribution in [2.24, 2.45) is 0 Å². The summed E-state index contributed by atoms with van der Waals surface area (Å²) in [4.78, 5) is 0. The Morgan fingerprint density at radius 2 is 1.63 bits per heavy atom. The molecule has 0 heterocycles. The van der Waals surface area contributed by atoms with E-state index in [2.05, 4.69) is 10.9 Å². The van der Waals surface area contributed by atoms with Gasteiger partial charge in [-0.05, 0) is 42.0 Å². The van der Waals surface area contributed by atoms with E-state index < -0.39 is 0 Å². The number of methoxy groups -OCH3 is 1. The van der Waals surface area contributed by atoms with E-state index in [1.54, 1.807) is 7.11 Å². The molecule has 0 aliphatic carbocycles. The summed E-state index contributed by atoms with van der Waals surface area (Å²) in [6.45, 7) is 0.725. The van der Waals surface area contributed by atoms with Crippen molar-refractivity contribution in [3.8, 4) is 5.75 Å². The first-order chi connectivity index (χ1) is 8.78. The first-order valence-electron chi connectivity index (χ1n) is 5.65. The van der Waals surface area contributed by atoms with Crippen LogP contribution in [-0.4, -0.2) is 7.11 Å². The summed E-state index contributed by atoms with van der Waals surface area (Å²) in [6.07, 6.45) is 0. The summed E-state index contributed by atoms with van der Waals surface area (Å²) < 4.78 is 5.09. The molecule has 2 rings (SSSR count). The second-order valence-corrected chi connectivity index (χ2v) is 4.27. The average molecular weight is 299 g/mol. The average Bonchev–Trinajstić information content (AvgIpc) is 2.42. The minimum absolute atomic E-state index is 0. The largest absolute Gasteiger partial charge is 0.497 e. The zero-order valence-electron chi connectivity index (χ0n) is 10.5. The standard InChI is InChI=1S/C14H15ClN2O.ClH/c1-18-14-8-6-13(7-9-14)17-16-10-11-2-4-12(15)5-3-11;/h2-9,16-17H,10H2,1H3;1H. The van der Waals surface area contributed by atoms with Gasteiger partial charge in [-0.2, -0.15) is 0 Å². The van der Waals surface area contributed by atoms with Gasteiger partial charge in [0.05, 0.1) is 7.11 Å². The van der Waals surface area contributed by atoms with Gasteiger partial charge in [-0.1, -0.05) is 23.7 Å². The van der Waals surface area contributed by atoms with Crippen molar-refractivity contribution in [2.75, 3.05) is 12.5 Å². The van der Waals surface area contributed by atoms with Gasteiger partial charge in [-0.25, -0.2) is 5.43 Å². The lowest BCUT2D eigenvalue weighted by Crippen LogP contribution is -2.20. The van der Waals surface area contributed by atoms with E-state index in [9.17, 15) is 0 Å². The summed E-state index contributed by atoms with van der Waals surface area (Å²) in [7, 11) is 1.65. The molecule has 0 unspecified atom stereocenters. The molecule has 19 heavy (non-hydrogen) atoms. The minimum atomic E-state index is 0. The third-order valence-electron chi connectivity index (χ3n) is 2.53. The summed E-state index contributed by atoms with van der Waals surface area (Å²) >= 11 is 5.82. The van der Waals surface area contributed by atoms with E-state index in [1.165, 1.54) is 5.56 Å². The van der Waals surface area contributed by atoms with Crippen molar-refractivity contribution in [2.45, 2.75) is 6.54 Å². The first-order valence-corrected chi connectivity index (χ1v) is 6.03. The number of rotatable bonds is 5. The van der Waals surface area contributed by atoms with Crippen LogP contribution in [0.2, 0.25) is 5.02 Å². The molecule has 3 nitrogen and oxygen atoms in total. The van der Waals surface area contributed by atoms with Gasteiger partial charge in [0.2, 0.25) is 0 Å². The number of halogens is 2. The van der Waals surface area contributed by atoms with E-state index in [1.807, 2.05) is 48.5 Å². The normalized spacial score (nSPS) is 9.58. The number of hydrazine groups is 1. The zero-order valence-corrected chi connectivity index (χ0v) is 12.1. The number of hydrogen-bond donors (Lipinski definition) is 2. The molecule has 2 aromatic carbocycles. The zero-order chi connectivity index (χ0) is 12.8. The minimum Gasteiger partial charge on any atom is -0.497 e. The molecule has 0 saturated heterocycles. The van der Waals surface area contributed by atoms with E-state index in [4.69, 9.17) is 16.3 Å². The summed E-state index contributed by atoms with van der Waals surface area (Å²) in [6, 6.07) is 15.5. The van der Waals surface area contributed by atoms with Gasteiger partial charge in [0.15, 0.2) is 0 Å². The lowest BCUT2D eigenvalue weighted by molar-refractivity contribution is 0.415. The van der Waals surface area contributed by atoms with Crippen LogP contribution in [0.15, 0.2) is 48.5 Å². The van der Waals surface area contributed by atoms with Gasteiger partial charge >= 0.3 is 0 Å². The van der Waals surface area contributed by atoms with Crippen LogP contribution in [0.3, 0.4) is 0 Å². The van der Waals surface area contributed by atoms with Crippen molar-refractivity contribution in [3.05, 3.63) is 59.1 Å². The van der Waals surface area contributed by atoms with Crippen LogP contribution in [0.5, 0.6) is 5.75 Å². The fourth-order valence-corrected chi connectivity index (χ4v) is 1.65. The van der Waals surface area contributed by atoms with Crippen LogP contribution in [0, 0.1) is 0 Å². The topological polar surface area (TPSA) is 33.3 Å². The molecule has 0 aliphatic heterocycles. The number of benzene rings is 2. The van der Waals surface area contributed by atoms with Crippen LogP contribution in [0.1, 0.15) is 5.56 Å². The van der Waals surface area contributed by atoms with Crippen molar-refractivity contribution < 1.29 is 4.74 Å². The molecule has 0 fully saturated rings. The quantitative estimate of drug-likeness (QED) is 0.822. The molecule has 0 amide bonds. The summed E-state index contributed by atoms with van der Waals surface area (Å²) in [5.41, 5.74) is 8.42. The van der Waals surface area contributed by atoms with E-state index in [0.717, 1.165) is 23.0 Å². The Morgan fingerprint density at radius 1 is 1.00 bits per heavy atom. The Balaban J connectivity index is 0.00000180. The fourth-order valence-electron chi connectivity index (χ4n) is 1.52. The Bertz CT molecular complexity index is 486. The Labute approximate surface area is 124 Å². The van der Waals surface area contributed by atoms with Crippen LogP contribution in [0.25, 0.3) is 0 Å². The molecule has 0 spiro atoms. The van der Waals surface area contributed by atoms with Crippen molar-refractivity contribution >= 4 is 29.7 Å². The first kappa shape index (κ1) is 15.6. The molecular weight excluding hydrogens is 283 g/mol. The van der Waals surface area contributed by atoms with Crippen LogP contribution >= 0.6 is 24.0 Å². The lowest BCUT2D eigenvalue weighted by atomic mass is 10.2. The number of nitrogens with one attached hydrogen (secondary N) is 2. The molecule has 102 valence electrons. The van der Waals surface area contributed by atoms with Crippen molar-refractivity contribution in [3.63, 3.8) is 0 Å². The van der Waals surface area contributed by atoms with Gasteiger partial charge in [0.25, 0.3) is 0 Å². The molecule has 5 heteroatoms. The molecule has 0 aromatic heterocycles. The van der Waals surface area contributed by atoms with Gasteiger partial charge in [-0.3, -0.25) is 0 Å². The molecular formula is C14H16Cl2N2O. The summed E-state index contributed by atoms with van der Waals surface area (Å²) in [5.74, 6) is 0.846. The molecule has 0 bridgehead atoms. The highest BCUT2D eigenvalue weighted by molar-refractivity contribution is 6.30. The maximum atomic E-state index is 5.82. The molecule has 0 aliphatic rings. The molecule has 0 saturated carbocycles. The van der Waals surface area contributed by atoms with E-state index in [0.29, 0.717) is 0 Å². The molecule has 0 radical (unpaired) electrons. The van der Waals surface area contributed by atoms with E-state index in [-0.39, 0.29) is 12.4 Å². The SMILES string of the molecule is COc1ccc(NNCc2ccc(Cl)cc2)cc1.Cl. The third kappa shape index (κ3) is 4.99. The van der Waals surface area contributed by atoms with Gasteiger partial charge in [0, 0.05) is 17.3 Å². The smallest absolute Gasteiger partial charge is 0.119 e. The predicted octanol–water partition coefficient (Wildman–Crippen LogP) is 3.89. The number of hydrogen-bond acceptors (Lipinski definition) is 3. The predicted molar refractivity (Wildman–Crippen MR) is 82.2 cm³/mol. The summed E-state index contributed by atoms with van der Waals surface area (Å²) in [5, 5.41) is 0.752. The van der Waals surface area contributed by atoms with Gasteiger partial charge in [0.1, 0.15) is 5.75 Å². The highest BCUT2D eigenvalue weighted by Crippen LogP contribution is 2.14. The number of anilines is 1. The van der Waals surface area contributed by atoms with Crippen LogP contribution in [-0.2, 0) is 6.54 Å². The monoisotopic (exact) mass is 298 g/mol. The van der Waals surface area contributed by atoms with Crippen LogP contribution < -0.4 is 15.6 Å². The maximum Gasteiger partial charge on any atom is 0.119 e. The van der Waals surface area contributed by atoms with Crippen LogP contribution in [0.4, 0.5) is 5.69 Å². The number of ether oxygens (including phenoxy) is 1. The third-order valence-corrected chi connectivity index (χ3v) is 2.78. The lowest BCUT2D eigenvalue weighted by Gasteiger charge is -2.09. The molecule has 2 N–H and O–H groups in total. The second-order valence-electron chi connectivity index (χ2n) is 3.83. The Hall–Kier alpha value is -1.42. The van der Waals surface area contributed by atoms with Gasteiger partial charge in [-0.15, -0.1) is 12.4 Å². The maximum absolute atomic E-state index is 5.82. The van der Waals surface area contributed by atoms with E-state index >= 15 is 0 Å². The second kappa shape index (κ2) is 7.89. The Kier molecular flexibility index (Phi) is 6.50. The van der Waals surface area contributed by atoms with Crippen molar-refractivity contribution in [1.29, 1.82) is 0 Å². The van der Waals surface area contributed by atoms with Gasteiger partial charge < -0.3 is 10.2 Å². The molecule has 2 aromatic rings. The highest BCUT2D eigenvalue weighted by atomic mass is 35.5. The fraction of sp³-hybridized carbons (Fsp3) is 0.143.